The van der Waals surface area contributed by atoms with E-state index < -0.39 is 0 Å². The molecule has 2 aromatic heterocycles. The molecule has 5 heteroatoms. The molecule has 0 spiro atoms. The minimum Gasteiger partial charge on any atom is -0.391 e. The molecule has 2 fully saturated rings. The quantitative estimate of drug-likeness (QED) is 0.767. The zero-order valence-corrected chi connectivity index (χ0v) is 14.7. The summed E-state index contributed by atoms with van der Waals surface area (Å²) in [6, 6.07) is 12.4. The molecule has 0 radical (unpaired) electrons. The first kappa shape index (κ1) is 16.0. The molecule has 5 nitrogen and oxygen atoms in total. The molecule has 26 heavy (non-hydrogen) atoms. The lowest BCUT2D eigenvalue weighted by atomic mass is 9.94. The minimum atomic E-state index is -0.309. The van der Waals surface area contributed by atoms with Crippen molar-refractivity contribution >= 4 is 10.9 Å². The Kier molecular flexibility index (Phi) is 3.98. The molecule has 3 aromatic rings. The zero-order valence-electron chi connectivity index (χ0n) is 14.7. The Balaban J connectivity index is 1.28. The van der Waals surface area contributed by atoms with Gasteiger partial charge in [-0.1, -0.05) is 23.4 Å². The van der Waals surface area contributed by atoms with Crippen LogP contribution in [-0.2, 0) is 13.0 Å². The molecular formula is C21H23N3O2. The number of pyridine rings is 1. The molecule has 1 aromatic carbocycles. The van der Waals surface area contributed by atoms with E-state index in [9.17, 15) is 5.11 Å². The van der Waals surface area contributed by atoms with Crippen molar-refractivity contribution in [3.05, 3.63) is 59.6 Å². The van der Waals surface area contributed by atoms with E-state index in [0.29, 0.717) is 12.5 Å². The largest absolute Gasteiger partial charge is 0.391 e. The second-order valence-corrected chi connectivity index (χ2v) is 7.71. The fraction of sp³-hybridized carbons (Fsp3) is 0.429. The molecule has 2 aliphatic rings. The number of likely N-dealkylation sites (tertiary alicyclic amines) is 1. The SMILES string of the molecule is O[C@@H]1CN(Cc2cc(C3CC3)on2)C[C@H]1Cc1ccnc2ccccc12. The second-order valence-electron chi connectivity index (χ2n) is 7.71. The third-order valence-electron chi connectivity index (χ3n) is 5.65. The summed E-state index contributed by atoms with van der Waals surface area (Å²) < 4.78 is 5.45. The van der Waals surface area contributed by atoms with E-state index >= 15 is 0 Å². The Labute approximate surface area is 152 Å². The number of para-hydroxylation sites is 1. The molecule has 2 atom stereocenters. The average molecular weight is 349 g/mol. The zero-order chi connectivity index (χ0) is 17.5. The van der Waals surface area contributed by atoms with Crippen LogP contribution >= 0.6 is 0 Å². The van der Waals surface area contributed by atoms with Gasteiger partial charge in [0.15, 0.2) is 0 Å². The van der Waals surface area contributed by atoms with E-state index in [-0.39, 0.29) is 12.0 Å². The van der Waals surface area contributed by atoms with Crippen LogP contribution in [0.15, 0.2) is 47.1 Å². The van der Waals surface area contributed by atoms with Gasteiger partial charge in [-0.2, -0.15) is 0 Å². The molecule has 0 bridgehead atoms. The van der Waals surface area contributed by atoms with Crippen LogP contribution < -0.4 is 0 Å². The monoisotopic (exact) mass is 349 g/mol. The molecule has 0 amide bonds. The topological polar surface area (TPSA) is 62.4 Å². The van der Waals surface area contributed by atoms with Crippen LogP contribution in [0.4, 0.5) is 0 Å². The van der Waals surface area contributed by atoms with Gasteiger partial charge in [-0.3, -0.25) is 9.88 Å². The first-order valence-corrected chi connectivity index (χ1v) is 9.45. The third kappa shape index (κ3) is 3.13. The van der Waals surface area contributed by atoms with Crippen molar-refractivity contribution in [1.82, 2.24) is 15.0 Å². The summed E-state index contributed by atoms with van der Waals surface area (Å²) in [5.41, 5.74) is 3.26. The highest BCUT2D eigenvalue weighted by Crippen LogP contribution is 2.40. The van der Waals surface area contributed by atoms with Gasteiger partial charge in [0, 0.05) is 49.1 Å². The molecule has 1 N–H and O–H groups in total. The first-order chi connectivity index (χ1) is 12.8. The molecule has 1 saturated heterocycles. The van der Waals surface area contributed by atoms with Gasteiger partial charge in [-0.05, 0) is 37.0 Å². The number of aromatic nitrogens is 2. The van der Waals surface area contributed by atoms with Crippen molar-refractivity contribution < 1.29 is 9.63 Å². The molecular weight excluding hydrogens is 326 g/mol. The number of aliphatic hydroxyl groups excluding tert-OH is 1. The maximum Gasteiger partial charge on any atom is 0.140 e. The number of rotatable bonds is 5. The summed E-state index contributed by atoms with van der Waals surface area (Å²) in [6.07, 6.45) is 4.87. The Hall–Kier alpha value is -2.24. The van der Waals surface area contributed by atoms with Crippen molar-refractivity contribution in [1.29, 1.82) is 0 Å². The second kappa shape index (κ2) is 6.49. The number of hydrogen-bond donors (Lipinski definition) is 1. The summed E-state index contributed by atoms with van der Waals surface area (Å²) in [5, 5.41) is 16.0. The van der Waals surface area contributed by atoms with Gasteiger partial charge < -0.3 is 9.63 Å². The summed E-state index contributed by atoms with van der Waals surface area (Å²) in [6.45, 7) is 2.32. The van der Waals surface area contributed by atoms with Gasteiger partial charge in [-0.15, -0.1) is 0 Å². The van der Waals surface area contributed by atoms with Gasteiger partial charge in [-0.25, -0.2) is 0 Å². The fourth-order valence-electron chi connectivity index (χ4n) is 4.08. The molecule has 134 valence electrons. The average Bonchev–Trinajstić information content (AvgIpc) is 3.31. The molecule has 1 aliphatic heterocycles. The molecule has 3 heterocycles. The van der Waals surface area contributed by atoms with Gasteiger partial charge >= 0.3 is 0 Å². The van der Waals surface area contributed by atoms with Gasteiger partial charge in [0.05, 0.1) is 17.3 Å². The van der Waals surface area contributed by atoms with E-state index in [0.717, 1.165) is 36.5 Å². The Morgan fingerprint density at radius 2 is 2.04 bits per heavy atom. The van der Waals surface area contributed by atoms with E-state index in [4.69, 9.17) is 4.52 Å². The third-order valence-corrected chi connectivity index (χ3v) is 5.65. The standard InChI is InChI=1S/C21H23N3O2/c25-20-13-24(12-17-10-21(26-23-17)14-5-6-14)11-16(20)9-15-7-8-22-19-4-2-1-3-18(15)19/h1-4,7-8,10,14,16,20,25H,5-6,9,11-13H2/t16-,20-/m1/s1. The Morgan fingerprint density at radius 1 is 1.15 bits per heavy atom. The number of hydrogen-bond acceptors (Lipinski definition) is 5. The predicted molar refractivity (Wildman–Crippen MR) is 98.7 cm³/mol. The lowest BCUT2D eigenvalue weighted by molar-refractivity contribution is 0.141. The van der Waals surface area contributed by atoms with Crippen LogP contribution in [0, 0.1) is 5.92 Å². The van der Waals surface area contributed by atoms with Crippen LogP contribution in [0.2, 0.25) is 0 Å². The number of β-amino-alcohol motifs (C(OH)–C–C–N with tert-alkyl or cyclic N) is 1. The minimum absolute atomic E-state index is 0.232. The van der Waals surface area contributed by atoms with Gasteiger partial charge in [0.1, 0.15) is 5.76 Å². The van der Waals surface area contributed by atoms with Crippen molar-refractivity contribution in [2.75, 3.05) is 13.1 Å². The number of benzene rings is 1. The lowest BCUT2D eigenvalue weighted by Crippen LogP contribution is -2.21. The van der Waals surface area contributed by atoms with Crippen molar-refractivity contribution in [3.8, 4) is 0 Å². The molecule has 0 unspecified atom stereocenters. The molecule has 5 rings (SSSR count). The van der Waals surface area contributed by atoms with Crippen LogP contribution in [0.1, 0.15) is 35.8 Å². The smallest absolute Gasteiger partial charge is 0.140 e. The van der Waals surface area contributed by atoms with Crippen LogP contribution in [0.25, 0.3) is 10.9 Å². The van der Waals surface area contributed by atoms with E-state index in [1.807, 2.05) is 24.4 Å². The Morgan fingerprint density at radius 3 is 2.92 bits per heavy atom. The summed E-state index contributed by atoms with van der Waals surface area (Å²) in [4.78, 5) is 6.72. The highest BCUT2D eigenvalue weighted by molar-refractivity contribution is 5.81. The number of fused-ring (bicyclic) bond motifs is 1. The van der Waals surface area contributed by atoms with Crippen LogP contribution in [0.3, 0.4) is 0 Å². The maximum absolute atomic E-state index is 10.6. The van der Waals surface area contributed by atoms with E-state index in [2.05, 4.69) is 33.2 Å². The highest BCUT2D eigenvalue weighted by Gasteiger charge is 2.33. The van der Waals surface area contributed by atoms with E-state index in [1.54, 1.807) is 0 Å². The molecule has 1 aliphatic carbocycles. The molecule has 1 saturated carbocycles. The lowest BCUT2D eigenvalue weighted by Gasteiger charge is -2.15. The van der Waals surface area contributed by atoms with Crippen molar-refractivity contribution in [3.63, 3.8) is 0 Å². The van der Waals surface area contributed by atoms with Crippen molar-refractivity contribution in [2.24, 2.45) is 5.92 Å². The van der Waals surface area contributed by atoms with Crippen LogP contribution in [0.5, 0.6) is 0 Å². The highest BCUT2D eigenvalue weighted by atomic mass is 16.5. The Bertz CT molecular complexity index is 913. The predicted octanol–water partition coefficient (Wildman–Crippen LogP) is 3.14. The summed E-state index contributed by atoms with van der Waals surface area (Å²) in [7, 11) is 0. The maximum atomic E-state index is 10.6. The summed E-state index contributed by atoms with van der Waals surface area (Å²) in [5.74, 6) is 1.85. The van der Waals surface area contributed by atoms with Gasteiger partial charge in [0.25, 0.3) is 0 Å². The number of aliphatic hydroxyl groups is 1. The van der Waals surface area contributed by atoms with Crippen LogP contribution in [-0.4, -0.2) is 39.3 Å². The van der Waals surface area contributed by atoms with Gasteiger partial charge in [0.2, 0.25) is 0 Å². The normalized spacial score (nSPS) is 23.7. The fourth-order valence-corrected chi connectivity index (χ4v) is 4.08. The summed E-state index contributed by atoms with van der Waals surface area (Å²) >= 11 is 0. The van der Waals surface area contributed by atoms with Crippen molar-refractivity contribution in [2.45, 2.75) is 37.8 Å². The number of nitrogens with zero attached hydrogens (tertiary/aromatic N) is 3. The van der Waals surface area contributed by atoms with E-state index in [1.165, 1.54) is 23.8 Å². The first-order valence-electron chi connectivity index (χ1n) is 9.45.